The number of ether oxygens (including phenoxy) is 1. The molecule has 0 bridgehead atoms. The van der Waals surface area contributed by atoms with E-state index in [1.165, 1.54) is 6.08 Å². The van der Waals surface area contributed by atoms with Gasteiger partial charge >= 0.3 is 6.03 Å². The number of benzene rings is 2. The van der Waals surface area contributed by atoms with Crippen molar-refractivity contribution in [3.63, 3.8) is 0 Å². The third-order valence-corrected chi connectivity index (χ3v) is 3.54. The number of urea groups is 1. The van der Waals surface area contributed by atoms with Crippen molar-refractivity contribution in [3.8, 4) is 5.75 Å². The zero-order chi connectivity index (χ0) is 16.9. The predicted octanol–water partition coefficient (Wildman–Crippen LogP) is 2.76. The van der Waals surface area contributed by atoms with Crippen LogP contribution < -0.4 is 21.1 Å². The monoisotopic (exact) mass is 323 g/mol. The van der Waals surface area contributed by atoms with Crippen molar-refractivity contribution in [2.45, 2.75) is 6.42 Å². The van der Waals surface area contributed by atoms with Gasteiger partial charge in [0.25, 0.3) is 0 Å². The fourth-order valence-corrected chi connectivity index (χ4v) is 2.48. The number of carbonyl (C=O) groups excluding carboxylic acids is 2. The van der Waals surface area contributed by atoms with Gasteiger partial charge in [0.05, 0.1) is 6.61 Å². The summed E-state index contributed by atoms with van der Waals surface area (Å²) in [6.45, 7) is 0.707. The normalized spacial score (nSPS) is 12.5. The molecule has 1 aliphatic heterocycles. The molecule has 6 nitrogen and oxygen atoms in total. The quantitative estimate of drug-likeness (QED) is 0.755. The Bertz CT molecular complexity index is 815. The Hall–Kier alpha value is -3.28. The maximum atomic E-state index is 12.0. The summed E-state index contributed by atoms with van der Waals surface area (Å²) in [5.74, 6) is 0.651. The van der Waals surface area contributed by atoms with Crippen molar-refractivity contribution in [2.75, 3.05) is 17.2 Å². The highest BCUT2D eigenvalue weighted by Crippen LogP contribution is 2.26. The number of fused-ring (bicyclic) bond motifs is 1. The van der Waals surface area contributed by atoms with Gasteiger partial charge in [0.2, 0.25) is 5.91 Å². The largest absolute Gasteiger partial charge is 0.493 e. The fourth-order valence-electron chi connectivity index (χ4n) is 2.48. The minimum absolute atomic E-state index is 0.261. The Kier molecular flexibility index (Phi) is 4.47. The molecule has 0 fully saturated rings. The highest BCUT2D eigenvalue weighted by molar-refractivity contribution is 6.02. The summed E-state index contributed by atoms with van der Waals surface area (Å²) < 4.78 is 5.45. The van der Waals surface area contributed by atoms with Crippen LogP contribution in [0.15, 0.2) is 48.5 Å². The highest BCUT2D eigenvalue weighted by atomic mass is 16.5. The van der Waals surface area contributed by atoms with Gasteiger partial charge in [-0.1, -0.05) is 12.1 Å². The van der Waals surface area contributed by atoms with Crippen LogP contribution in [0.4, 0.5) is 16.2 Å². The van der Waals surface area contributed by atoms with Gasteiger partial charge in [-0.15, -0.1) is 0 Å². The number of hydrogen-bond donors (Lipinski definition) is 3. The first kappa shape index (κ1) is 15.6. The summed E-state index contributed by atoms with van der Waals surface area (Å²) in [5.41, 5.74) is 8.25. The SMILES string of the molecule is NC(=O)Nc1cccc(NC(=O)/C=C/c2ccc3c(c2)CCO3)c1. The van der Waals surface area contributed by atoms with Gasteiger partial charge in [-0.05, 0) is 47.5 Å². The van der Waals surface area contributed by atoms with E-state index in [4.69, 9.17) is 10.5 Å². The van der Waals surface area contributed by atoms with Gasteiger partial charge in [-0.3, -0.25) is 4.79 Å². The Balaban J connectivity index is 1.64. The standard InChI is InChI=1S/C18H17N3O3/c19-18(23)21-15-3-1-2-14(11-15)20-17(22)7-5-12-4-6-16-13(10-12)8-9-24-16/h1-7,10-11H,8-9H2,(H,20,22)(H3,19,21,23)/b7-5+. The zero-order valence-electron chi connectivity index (χ0n) is 12.9. The molecule has 0 saturated carbocycles. The van der Waals surface area contributed by atoms with Crippen LogP contribution in [0.2, 0.25) is 0 Å². The lowest BCUT2D eigenvalue weighted by atomic mass is 10.1. The molecule has 0 spiro atoms. The van der Waals surface area contributed by atoms with Crippen LogP contribution in [-0.4, -0.2) is 18.5 Å². The molecule has 2 aromatic carbocycles. The van der Waals surface area contributed by atoms with Crippen molar-refractivity contribution < 1.29 is 14.3 Å². The fraction of sp³-hybridized carbons (Fsp3) is 0.111. The van der Waals surface area contributed by atoms with Gasteiger partial charge in [-0.25, -0.2) is 4.79 Å². The van der Waals surface area contributed by atoms with Crippen LogP contribution in [0.25, 0.3) is 6.08 Å². The molecule has 1 aliphatic rings. The Morgan fingerprint density at radius 1 is 1.08 bits per heavy atom. The minimum Gasteiger partial charge on any atom is -0.493 e. The molecule has 2 aromatic rings. The first-order valence-corrected chi connectivity index (χ1v) is 7.51. The van der Waals surface area contributed by atoms with E-state index in [1.807, 2.05) is 18.2 Å². The number of primary amides is 1. The van der Waals surface area contributed by atoms with E-state index < -0.39 is 6.03 Å². The Morgan fingerprint density at radius 3 is 2.67 bits per heavy atom. The van der Waals surface area contributed by atoms with Crippen molar-refractivity contribution in [3.05, 3.63) is 59.7 Å². The number of amides is 3. The van der Waals surface area contributed by atoms with E-state index in [0.717, 1.165) is 23.3 Å². The van der Waals surface area contributed by atoms with Crippen LogP contribution >= 0.6 is 0 Å². The number of carbonyl (C=O) groups is 2. The maximum Gasteiger partial charge on any atom is 0.316 e. The van der Waals surface area contributed by atoms with Crippen LogP contribution in [0.3, 0.4) is 0 Å². The van der Waals surface area contributed by atoms with E-state index in [-0.39, 0.29) is 5.91 Å². The van der Waals surface area contributed by atoms with Gasteiger partial charge in [0.15, 0.2) is 0 Å². The summed E-state index contributed by atoms with van der Waals surface area (Å²) in [4.78, 5) is 22.9. The minimum atomic E-state index is -0.654. The van der Waals surface area contributed by atoms with E-state index in [9.17, 15) is 9.59 Å². The highest BCUT2D eigenvalue weighted by Gasteiger charge is 2.11. The molecule has 4 N–H and O–H groups in total. The van der Waals surface area contributed by atoms with Crippen molar-refractivity contribution in [1.82, 2.24) is 0 Å². The lowest BCUT2D eigenvalue weighted by Crippen LogP contribution is -2.19. The van der Waals surface area contributed by atoms with Crippen molar-refractivity contribution in [2.24, 2.45) is 5.73 Å². The first-order valence-electron chi connectivity index (χ1n) is 7.51. The maximum absolute atomic E-state index is 12.0. The second-order valence-corrected chi connectivity index (χ2v) is 5.36. The van der Waals surface area contributed by atoms with Gasteiger partial charge < -0.3 is 21.1 Å². The molecule has 1 heterocycles. The van der Waals surface area contributed by atoms with Crippen molar-refractivity contribution >= 4 is 29.4 Å². The number of anilines is 2. The Morgan fingerprint density at radius 2 is 1.88 bits per heavy atom. The zero-order valence-corrected chi connectivity index (χ0v) is 12.9. The van der Waals surface area contributed by atoms with E-state index >= 15 is 0 Å². The topological polar surface area (TPSA) is 93.5 Å². The second kappa shape index (κ2) is 6.87. The average molecular weight is 323 g/mol. The molecule has 0 aromatic heterocycles. The lowest BCUT2D eigenvalue weighted by Gasteiger charge is -2.06. The summed E-state index contributed by atoms with van der Waals surface area (Å²) >= 11 is 0. The average Bonchev–Trinajstić information content (AvgIpc) is 3.00. The summed E-state index contributed by atoms with van der Waals surface area (Å²) in [6, 6.07) is 11.9. The molecular formula is C18H17N3O3. The van der Waals surface area contributed by atoms with Crippen molar-refractivity contribution in [1.29, 1.82) is 0 Å². The molecule has 0 saturated heterocycles. The van der Waals surface area contributed by atoms with Crippen LogP contribution in [0.5, 0.6) is 5.75 Å². The molecule has 0 unspecified atom stereocenters. The van der Waals surface area contributed by atoms with E-state index in [0.29, 0.717) is 18.0 Å². The van der Waals surface area contributed by atoms with Gasteiger partial charge in [0, 0.05) is 23.9 Å². The Labute approximate surface area is 139 Å². The van der Waals surface area contributed by atoms with E-state index in [1.54, 1.807) is 30.3 Å². The number of rotatable bonds is 4. The third-order valence-electron chi connectivity index (χ3n) is 3.54. The molecule has 3 rings (SSSR count). The predicted molar refractivity (Wildman–Crippen MR) is 93.0 cm³/mol. The van der Waals surface area contributed by atoms with E-state index in [2.05, 4.69) is 10.6 Å². The van der Waals surface area contributed by atoms with Crippen LogP contribution in [-0.2, 0) is 11.2 Å². The summed E-state index contributed by atoms with van der Waals surface area (Å²) in [6.07, 6.45) is 4.11. The first-order chi connectivity index (χ1) is 11.6. The molecular weight excluding hydrogens is 306 g/mol. The van der Waals surface area contributed by atoms with Crippen LogP contribution in [0, 0.1) is 0 Å². The van der Waals surface area contributed by atoms with Gasteiger partial charge in [-0.2, -0.15) is 0 Å². The molecule has 6 heteroatoms. The smallest absolute Gasteiger partial charge is 0.316 e. The van der Waals surface area contributed by atoms with Crippen LogP contribution in [0.1, 0.15) is 11.1 Å². The molecule has 0 aliphatic carbocycles. The molecule has 0 atom stereocenters. The second-order valence-electron chi connectivity index (χ2n) is 5.36. The molecule has 0 radical (unpaired) electrons. The molecule has 24 heavy (non-hydrogen) atoms. The summed E-state index contributed by atoms with van der Waals surface area (Å²) in [5, 5.41) is 5.19. The third kappa shape index (κ3) is 3.92. The number of nitrogens with two attached hydrogens (primary N) is 1. The van der Waals surface area contributed by atoms with Gasteiger partial charge in [0.1, 0.15) is 5.75 Å². The number of nitrogens with one attached hydrogen (secondary N) is 2. The number of hydrogen-bond acceptors (Lipinski definition) is 3. The molecule has 3 amide bonds. The lowest BCUT2D eigenvalue weighted by molar-refractivity contribution is -0.111. The molecule has 122 valence electrons. The summed E-state index contributed by atoms with van der Waals surface area (Å²) in [7, 11) is 0.